The van der Waals surface area contributed by atoms with E-state index >= 15 is 0 Å². The molecule has 7 heteroatoms. The molecule has 1 aromatic rings. The van der Waals surface area contributed by atoms with Crippen LogP contribution in [0.5, 0.6) is 11.5 Å². The summed E-state index contributed by atoms with van der Waals surface area (Å²) in [6.07, 6.45) is 0.944. The van der Waals surface area contributed by atoms with Crippen molar-refractivity contribution in [3.05, 3.63) is 21.1 Å². The van der Waals surface area contributed by atoms with Crippen molar-refractivity contribution in [2.75, 3.05) is 53.4 Å². The van der Waals surface area contributed by atoms with Crippen molar-refractivity contribution < 1.29 is 23.7 Å². The Kier molecular flexibility index (Phi) is 11.7. The van der Waals surface area contributed by atoms with Gasteiger partial charge in [0.2, 0.25) is 0 Å². The van der Waals surface area contributed by atoms with E-state index < -0.39 is 0 Å². The molecule has 1 aromatic carbocycles. The molecule has 0 heterocycles. The molecule has 0 atom stereocenters. The molecule has 0 spiro atoms. The fourth-order valence-electron chi connectivity index (χ4n) is 1.62. The maximum absolute atomic E-state index is 5.75. The highest BCUT2D eigenvalue weighted by atomic mass is 79.9. The molecule has 0 radical (unpaired) electrons. The molecule has 0 unspecified atom stereocenters. The summed E-state index contributed by atoms with van der Waals surface area (Å²) in [6, 6.07) is 3.79. The lowest BCUT2D eigenvalue weighted by molar-refractivity contribution is 0.0177. The highest BCUT2D eigenvalue weighted by Crippen LogP contribution is 2.36. The zero-order chi connectivity index (χ0) is 16.9. The minimum absolute atomic E-state index is 0.453. The molecule has 0 fully saturated rings. The van der Waals surface area contributed by atoms with Crippen LogP contribution >= 0.6 is 31.9 Å². The van der Waals surface area contributed by atoms with Crippen LogP contribution < -0.4 is 9.47 Å². The van der Waals surface area contributed by atoms with E-state index in [-0.39, 0.29) is 0 Å². The van der Waals surface area contributed by atoms with Crippen molar-refractivity contribution in [1.29, 1.82) is 0 Å². The van der Waals surface area contributed by atoms with Crippen molar-refractivity contribution in [2.24, 2.45) is 0 Å². The molecular weight excluding hydrogens is 432 g/mol. The number of ether oxygens (including phenoxy) is 5. The van der Waals surface area contributed by atoms with Gasteiger partial charge in [0.15, 0.2) is 11.5 Å². The Morgan fingerprint density at radius 3 is 1.74 bits per heavy atom. The first-order valence-electron chi connectivity index (χ1n) is 7.58. The highest BCUT2D eigenvalue weighted by molar-refractivity contribution is 9.13. The van der Waals surface area contributed by atoms with Crippen LogP contribution in [0.3, 0.4) is 0 Å². The predicted octanol–water partition coefficient (Wildman–Crippen LogP) is 4.06. The molecule has 0 saturated heterocycles. The van der Waals surface area contributed by atoms with Gasteiger partial charge in [0.1, 0.15) is 6.61 Å². The average molecular weight is 456 g/mol. The number of halogens is 2. The van der Waals surface area contributed by atoms with Crippen molar-refractivity contribution in [3.8, 4) is 11.5 Å². The monoisotopic (exact) mass is 454 g/mol. The van der Waals surface area contributed by atoms with Gasteiger partial charge in [-0.2, -0.15) is 0 Å². The lowest BCUT2D eigenvalue weighted by Gasteiger charge is -2.14. The first kappa shape index (κ1) is 20.7. The second-order valence-electron chi connectivity index (χ2n) is 4.63. The summed E-state index contributed by atoms with van der Waals surface area (Å²) in [5, 5.41) is 0. The fourth-order valence-corrected chi connectivity index (χ4v) is 2.27. The third-order valence-corrected chi connectivity index (χ3v) is 4.58. The first-order chi connectivity index (χ1) is 11.2. The number of methoxy groups -OCH3 is 1. The van der Waals surface area contributed by atoms with E-state index in [4.69, 9.17) is 23.7 Å². The summed E-state index contributed by atoms with van der Waals surface area (Å²) in [7, 11) is 1.65. The van der Waals surface area contributed by atoms with Gasteiger partial charge in [0.25, 0.3) is 0 Å². The van der Waals surface area contributed by atoms with Gasteiger partial charge < -0.3 is 23.7 Å². The number of hydrogen-bond donors (Lipinski definition) is 0. The minimum atomic E-state index is 0.453. The van der Waals surface area contributed by atoms with Crippen LogP contribution in [0.2, 0.25) is 0 Å². The minimum Gasteiger partial charge on any atom is -0.490 e. The van der Waals surface area contributed by atoms with Crippen molar-refractivity contribution in [3.63, 3.8) is 0 Å². The summed E-state index contributed by atoms with van der Waals surface area (Å²) in [6.45, 7) is 5.94. The normalized spacial score (nSPS) is 10.8. The van der Waals surface area contributed by atoms with Crippen LogP contribution in [0.4, 0.5) is 0 Å². The predicted molar refractivity (Wildman–Crippen MR) is 96.6 cm³/mol. The second-order valence-corrected chi connectivity index (χ2v) is 6.34. The van der Waals surface area contributed by atoms with Gasteiger partial charge in [-0.25, -0.2) is 0 Å². The Morgan fingerprint density at radius 1 is 0.739 bits per heavy atom. The third-order valence-electron chi connectivity index (χ3n) is 2.74. The average Bonchev–Trinajstić information content (AvgIpc) is 2.54. The molecule has 1 rings (SSSR count). The zero-order valence-electron chi connectivity index (χ0n) is 13.6. The molecule has 132 valence electrons. The van der Waals surface area contributed by atoms with Gasteiger partial charge in [-0.15, -0.1) is 0 Å². The summed E-state index contributed by atoms with van der Waals surface area (Å²) in [4.78, 5) is 0. The maximum Gasteiger partial charge on any atom is 0.162 e. The third kappa shape index (κ3) is 8.91. The summed E-state index contributed by atoms with van der Waals surface area (Å²) < 4.78 is 29.0. The Bertz CT molecular complexity index is 443. The Labute approximate surface area is 154 Å². The molecule has 23 heavy (non-hydrogen) atoms. The van der Waals surface area contributed by atoms with Crippen LogP contribution in [0.1, 0.15) is 13.3 Å². The Hall–Kier alpha value is -0.340. The lowest BCUT2D eigenvalue weighted by atomic mass is 10.3. The number of hydrogen-bond acceptors (Lipinski definition) is 5. The zero-order valence-corrected chi connectivity index (χ0v) is 16.8. The quantitative estimate of drug-likeness (QED) is 0.419. The molecule has 0 aromatic heterocycles. The Morgan fingerprint density at radius 2 is 1.22 bits per heavy atom. The van der Waals surface area contributed by atoms with E-state index in [1.54, 1.807) is 7.11 Å². The maximum atomic E-state index is 5.75. The van der Waals surface area contributed by atoms with Crippen LogP contribution in [0.25, 0.3) is 0 Å². The molecule has 5 nitrogen and oxygen atoms in total. The van der Waals surface area contributed by atoms with E-state index in [1.807, 2.05) is 12.1 Å². The SMILES string of the molecule is CCCOc1cc(Br)c(Br)cc1OCCOCCOCCOC. The van der Waals surface area contributed by atoms with Gasteiger partial charge in [-0.1, -0.05) is 6.92 Å². The largest absolute Gasteiger partial charge is 0.490 e. The van der Waals surface area contributed by atoms with Gasteiger partial charge >= 0.3 is 0 Å². The van der Waals surface area contributed by atoms with Crippen LogP contribution in [-0.2, 0) is 14.2 Å². The van der Waals surface area contributed by atoms with Crippen molar-refractivity contribution >= 4 is 31.9 Å². The fraction of sp³-hybridized carbons (Fsp3) is 0.625. The molecule has 0 bridgehead atoms. The van der Waals surface area contributed by atoms with E-state index in [2.05, 4.69) is 38.8 Å². The van der Waals surface area contributed by atoms with Crippen molar-refractivity contribution in [2.45, 2.75) is 13.3 Å². The van der Waals surface area contributed by atoms with Crippen LogP contribution in [0.15, 0.2) is 21.1 Å². The number of rotatable bonds is 13. The molecule has 0 amide bonds. The van der Waals surface area contributed by atoms with E-state index in [1.165, 1.54) is 0 Å². The van der Waals surface area contributed by atoms with E-state index in [0.717, 1.165) is 21.1 Å². The molecule has 0 aliphatic carbocycles. The molecular formula is C16H24Br2O5. The van der Waals surface area contributed by atoms with Crippen molar-refractivity contribution in [1.82, 2.24) is 0 Å². The summed E-state index contributed by atoms with van der Waals surface area (Å²) >= 11 is 6.94. The van der Waals surface area contributed by atoms with Crippen LogP contribution in [-0.4, -0.2) is 53.4 Å². The van der Waals surface area contributed by atoms with Gasteiger partial charge in [0.05, 0.1) is 39.6 Å². The number of benzene rings is 1. The molecule has 0 N–H and O–H groups in total. The first-order valence-corrected chi connectivity index (χ1v) is 9.16. The van der Waals surface area contributed by atoms with Gasteiger partial charge in [0, 0.05) is 16.1 Å². The topological polar surface area (TPSA) is 46.2 Å². The van der Waals surface area contributed by atoms with Gasteiger partial charge in [-0.3, -0.25) is 0 Å². The van der Waals surface area contributed by atoms with Crippen LogP contribution in [0, 0.1) is 0 Å². The molecule has 0 aliphatic rings. The van der Waals surface area contributed by atoms with Gasteiger partial charge in [-0.05, 0) is 50.4 Å². The van der Waals surface area contributed by atoms with E-state index in [9.17, 15) is 0 Å². The highest BCUT2D eigenvalue weighted by Gasteiger charge is 2.09. The summed E-state index contributed by atoms with van der Waals surface area (Å²) in [5.41, 5.74) is 0. The smallest absolute Gasteiger partial charge is 0.162 e. The van der Waals surface area contributed by atoms with E-state index in [0.29, 0.717) is 52.0 Å². The summed E-state index contributed by atoms with van der Waals surface area (Å²) in [5.74, 6) is 1.43. The molecule has 0 saturated carbocycles. The Balaban J connectivity index is 2.29. The second kappa shape index (κ2) is 13.0. The standard InChI is InChI=1S/C16H24Br2O5/c1-3-4-22-15-11-13(17)14(18)12-16(15)23-10-9-21-8-7-20-6-5-19-2/h11-12H,3-10H2,1-2H3. The molecule has 0 aliphatic heterocycles. The lowest BCUT2D eigenvalue weighted by Crippen LogP contribution is -2.12.